The lowest BCUT2D eigenvalue weighted by Crippen LogP contribution is -2.48. The molecule has 1 saturated heterocycles. The SMILES string of the molecule is CN1CCN(c2cccc(N)c2N)CC1=O. The zero-order chi connectivity index (χ0) is 11.7. The van der Waals surface area contributed by atoms with Crippen LogP contribution in [0.2, 0.25) is 0 Å². The Morgan fingerprint density at radius 1 is 1.25 bits per heavy atom. The molecule has 1 aromatic carbocycles. The van der Waals surface area contributed by atoms with Gasteiger partial charge in [-0.25, -0.2) is 0 Å². The number of likely N-dealkylation sites (N-methyl/N-ethyl adjacent to an activating group) is 1. The fourth-order valence-corrected chi connectivity index (χ4v) is 1.81. The summed E-state index contributed by atoms with van der Waals surface area (Å²) >= 11 is 0. The third-order valence-electron chi connectivity index (χ3n) is 2.91. The Bertz CT molecular complexity index is 418. The number of nitrogens with two attached hydrogens (primary N) is 2. The summed E-state index contributed by atoms with van der Waals surface area (Å²) in [6, 6.07) is 5.50. The largest absolute Gasteiger partial charge is 0.397 e. The van der Waals surface area contributed by atoms with Crippen molar-refractivity contribution in [2.45, 2.75) is 0 Å². The molecule has 86 valence electrons. The van der Waals surface area contributed by atoms with Gasteiger partial charge >= 0.3 is 0 Å². The number of carbonyl (C=O) groups is 1. The number of anilines is 3. The number of piperazine rings is 1. The predicted octanol–water partition coefficient (Wildman–Crippen LogP) is 0.129. The van der Waals surface area contributed by atoms with Crippen molar-refractivity contribution < 1.29 is 4.79 Å². The van der Waals surface area contributed by atoms with Gasteiger partial charge in [-0.05, 0) is 12.1 Å². The average Bonchev–Trinajstić information content (AvgIpc) is 2.26. The summed E-state index contributed by atoms with van der Waals surface area (Å²) < 4.78 is 0. The molecule has 1 aromatic rings. The molecule has 5 nitrogen and oxygen atoms in total. The second-order valence-corrected chi connectivity index (χ2v) is 4.02. The Morgan fingerprint density at radius 3 is 2.69 bits per heavy atom. The highest BCUT2D eigenvalue weighted by molar-refractivity contribution is 5.86. The number of carbonyl (C=O) groups excluding carboxylic acids is 1. The van der Waals surface area contributed by atoms with Crippen LogP contribution in [0.15, 0.2) is 18.2 Å². The minimum Gasteiger partial charge on any atom is -0.397 e. The first-order valence-corrected chi connectivity index (χ1v) is 5.22. The van der Waals surface area contributed by atoms with E-state index in [0.29, 0.717) is 24.5 Å². The molecule has 5 heteroatoms. The van der Waals surface area contributed by atoms with Crippen LogP contribution in [-0.4, -0.2) is 37.5 Å². The van der Waals surface area contributed by atoms with Gasteiger partial charge < -0.3 is 21.3 Å². The number of hydrogen-bond donors (Lipinski definition) is 2. The van der Waals surface area contributed by atoms with E-state index in [0.717, 1.165) is 12.2 Å². The maximum Gasteiger partial charge on any atom is 0.241 e. The van der Waals surface area contributed by atoms with Crippen molar-refractivity contribution in [2.24, 2.45) is 0 Å². The Morgan fingerprint density at radius 2 is 2.00 bits per heavy atom. The number of nitrogen functional groups attached to an aromatic ring is 2. The first-order chi connectivity index (χ1) is 7.59. The summed E-state index contributed by atoms with van der Waals surface area (Å²) in [5, 5.41) is 0. The molecule has 0 aliphatic carbocycles. The maximum atomic E-state index is 11.6. The van der Waals surface area contributed by atoms with Gasteiger partial charge in [0.05, 0.1) is 23.6 Å². The summed E-state index contributed by atoms with van der Waals surface area (Å²) in [5.74, 6) is 0.105. The van der Waals surface area contributed by atoms with Crippen molar-refractivity contribution in [1.82, 2.24) is 4.90 Å². The van der Waals surface area contributed by atoms with Crippen LogP contribution in [0.4, 0.5) is 17.1 Å². The molecular formula is C11H16N4O. The van der Waals surface area contributed by atoms with Gasteiger partial charge in [-0.2, -0.15) is 0 Å². The summed E-state index contributed by atoms with van der Waals surface area (Å²) in [6.45, 7) is 1.87. The lowest BCUT2D eigenvalue weighted by atomic mass is 10.2. The average molecular weight is 220 g/mol. The second kappa shape index (κ2) is 3.92. The minimum atomic E-state index is 0.105. The van der Waals surface area contributed by atoms with E-state index >= 15 is 0 Å². The second-order valence-electron chi connectivity index (χ2n) is 4.02. The first kappa shape index (κ1) is 10.6. The molecule has 0 unspecified atom stereocenters. The van der Waals surface area contributed by atoms with Crippen LogP contribution in [0.5, 0.6) is 0 Å². The number of para-hydroxylation sites is 1. The number of rotatable bonds is 1. The number of benzene rings is 1. The molecule has 0 radical (unpaired) electrons. The van der Waals surface area contributed by atoms with E-state index in [1.807, 2.05) is 24.1 Å². The first-order valence-electron chi connectivity index (χ1n) is 5.22. The molecule has 0 aromatic heterocycles. The lowest BCUT2D eigenvalue weighted by Gasteiger charge is -2.34. The fourth-order valence-electron chi connectivity index (χ4n) is 1.81. The Hall–Kier alpha value is -1.91. The standard InChI is InChI=1S/C11H16N4O/c1-14-5-6-15(7-10(14)16)9-4-2-3-8(12)11(9)13/h2-4H,5-7,12-13H2,1H3. The fraction of sp³-hybridized carbons (Fsp3) is 0.364. The third-order valence-corrected chi connectivity index (χ3v) is 2.91. The highest BCUT2D eigenvalue weighted by atomic mass is 16.2. The molecule has 0 atom stereocenters. The van der Waals surface area contributed by atoms with Crippen LogP contribution in [0, 0.1) is 0 Å². The third kappa shape index (κ3) is 1.76. The quantitative estimate of drug-likeness (QED) is 0.660. The van der Waals surface area contributed by atoms with Crippen molar-refractivity contribution in [3.05, 3.63) is 18.2 Å². The summed E-state index contributed by atoms with van der Waals surface area (Å²) in [6.07, 6.45) is 0. The maximum absolute atomic E-state index is 11.6. The molecule has 0 bridgehead atoms. The summed E-state index contributed by atoms with van der Waals surface area (Å²) in [7, 11) is 1.81. The Labute approximate surface area is 94.6 Å². The Balaban J connectivity index is 2.25. The molecule has 1 heterocycles. The van der Waals surface area contributed by atoms with E-state index in [1.165, 1.54) is 0 Å². The molecule has 1 aliphatic rings. The number of nitrogens with zero attached hydrogens (tertiary/aromatic N) is 2. The van der Waals surface area contributed by atoms with Gasteiger partial charge in [0.25, 0.3) is 0 Å². The van der Waals surface area contributed by atoms with E-state index in [9.17, 15) is 4.79 Å². The van der Waals surface area contributed by atoms with Gasteiger partial charge in [0.2, 0.25) is 5.91 Å². The molecule has 2 rings (SSSR count). The van der Waals surface area contributed by atoms with Crippen molar-refractivity contribution in [3.8, 4) is 0 Å². The van der Waals surface area contributed by atoms with Crippen LogP contribution >= 0.6 is 0 Å². The molecular weight excluding hydrogens is 204 g/mol. The Kier molecular flexibility index (Phi) is 2.60. The topological polar surface area (TPSA) is 75.6 Å². The van der Waals surface area contributed by atoms with E-state index in [2.05, 4.69) is 0 Å². The normalized spacial score (nSPS) is 16.7. The van der Waals surface area contributed by atoms with E-state index < -0.39 is 0 Å². The lowest BCUT2D eigenvalue weighted by molar-refractivity contribution is -0.129. The molecule has 0 spiro atoms. The van der Waals surface area contributed by atoms with Crippen LogP contribution < -0.4 is 16.4 Å². The summed E-state index contributed by atoms with van der Waals surface area (Å²) in [5.41, 5.74) is 13.6. The van der Waals surface area contributed by atoms with Gasteiger partial charge in [-0.1, -0.05) is 6.07 Å². The molecule has 1 fully saturated rings. The van der Waals surface area contributed by atoms with Crippen LogP contribution in [0.1, 0.15) is 0 Å². The van der Waals surface area contributed by atoms with Crippen molar-refractivity contribution in [2.75, 3.05) is 43.0 Å². The van der Waals surface area contributed by atoms with Gasteiger partial charge in [0.15, 0.2) is 0 Å². The minimum absolute atomic E-state index is 0.105. The smallest absolute Gasteiger partial charge is 0.241 e. The van der Waals surface area contributed by atoms with Gasteiger partial charge in [0, 0.05) is 20.1 Å². The van der Waals surface area contributed by atoms with Crippen molar-refractivity contribution >= 4 is 23.0 Å². The number of hydrogen-bond acceptors (Lipinski definition) is 4. The van der Waals surface area contributed by atoms with Gasteiger partial charge in [-0.3, -0.25) is 4.79 Å². The van der Waals surface area contributed by atoms with Crippen LogP contribution in [0.25, 0.3) is 0 Å². The highest BCUT2D eigenvalue weighted by Gasteiger charge is 2.22. The highest BCUT2D eigenvalue weighted by Crippen LogP contribution is 2.28. The monoisotopic (exact) mass is 220 g/mol. The molecule has 1 aliphatic heterocycles. The molecule has 0 saturated carbocycles. The van der Waals surface area contributed by atoms with Crippen LogP contribution in [-0.2, 0) is 4.79 Å². The van der Waals surface area contributed by atoms with Gasteiger partial charge in [-0.15, -0.1) is 0 Å². The van der Waals surface area contributed by atoms with E-state index in [1.54, 1.807) is 11.0 Å². The number of amides is 1. The van der Waals surface area contributed by atoms with Gasteiger partial charge in [0.1, 0.15) is 0 Å². The van der Waals surface area contributed by atoms with Crippen molar-refractivity contribution in [1.29, 1.82) is 0 Å². The zero-order valence-electron chi connectivity index (χ0n) is 9.31. The molecule has 16 heavy (non-hydrogen) atoms. The summed E-state index contributed by atoms with van der Waals surface area (Å²) in [4.78, 5) is 15.3. The van der Waals surface area contributed by atoms with Crippen LogP contribution in [0.3, 0.4) is 0 Å². The van der Waals surface area contributed by atoms with Crippen molar-refractivity contribution in [3.63, 3.8) is 0 Å². The van der Waals surface area contributed by atoms with E-state index in [-0.39, 0.29) is 5.91 Å². The van der Waals surface area contributed by atoms with E-state index in [4.69, 9.17) is 11.5 Å². The zero-order valence-corrected chi connectivity index (χ0v) is 9.31. The molecule has 4 N–H and O–H groups in total. The molecule has 1 amide bonds. The predicted molar refractivity (Wildman–Crippen MR) is 65.1 cm³/mol.